The summed E-state index contributed by atoms with van der Waals surface area (Å²) in [5, 5.41) is 9.98. The zero-order valence-electron chi connectivity index (χ0n) is 13.6. The lowest BCUT2D eigenvalue weighted by Gasteiger charge is -2.56. The summed E-state index contributed by atoms with van der Waals surface area (Å²) in [6.45, 7) is 4.37. The monoisotopic (exact) mass is 306 g/mol. The molecular weight excluding hydrogens is 279 g/mol. The van der Waals surface area contributed by atoms with Crippen molar-refractivity contribution in [3.05, 3.63) is 11.6 Å². The predicted octanol–water partition coefficient (Wildman–Crippen LogP) is 3.83. The average molecular weight is 306 g/mol. The molecule has 7 atom stereocenters. The molecule has 0 saturated heterocycles. The Labute approximate surface area is 132 Å². The second-order valence-electron chi connectivity index (χ2n) is 8.68. The van der Waals surface area contributed by atoms with Gasteiger partial charge in [-0.25, -0.2) is 4.39 Å². The minimum atomic E-state index is -1.24. The fourth-order valence-corrected chi connectivity index (χ4v) is 6.39. The average Bonchev–Trinajstić information content (AvgIpc) is 2.72. The molecule has 0 aromatic rings. The lowest BCUT2D eigenvalue weighted by atomic mass is 9.48. The molecule has 3 saturated carbocycles. The highest BCUT2D eigenvalue weighted by Gasteiger charge is 2.61. The number of carbonyl (C=O) groups is 1. The van der Waals surface area contributed by atoms with Crippen molar-refractivity contribution in [1.29, 1.82) is 0 Å². The van der Waals surface area contributed by atoms with E-state index in [9.17, 15) is 14.3 Å². The molecule has 0 aromatic carbocycles. The number of hydrogen-bond acceptors (Lipinski definition) is 2. The van der Waals surface area contributed by atoms with Crippen molar-refractivity contribution in [2.45, 2.75) is 71.1 Å². The van der Waals surface area contributed by atoms with E-state index in [-0.39, 0.29) is 23.2 Å². The highest BCUT2D eigenvalue weighted by molar-refractivity contribution is 5.91. The first-order valence-electron chi connectivity index (χ1n) is 8.92. The second-order valence-corrected chi connectivity index (χ2v) is 8.68. The summed E-state index contributed by atoms with van der Waals surface area (Å²) in [7, 11) is 0. The fraction of sp³-hybridized carbons (Fsp3) is 0.842. The van der Waals surface area contributed by atoms with Crippen LogP contribution < -0.4 is 0 Å². The predicted molar refractivity (Wildman–Crippen MR) is 83.0 cm³/mol. The Balaban J connectivity index is 1.70. The third-order valence-corrected chi connectivity index (χ3v) is 7.78. The van der Waals surface area contributed by atoms with Gasteiger partial charge in [0.15, 0.2) is 12.0 Å². The summed E-state index contributed by atoms with van der Waals surface area (Å²) in [4.78, 5) is 12.3. The van der Waals surface area contributed by atoms with Crippen LogP contribution in [-0.2, 0) is 4.79 Å². The van der Waals surface area contributed by atoms with Crippen molar-refractivity contribution < 1.29 is 14.3 Å². The first-order valence-corrected chi connectivity index (χ1v) is 8.92. The van der Waals surface area contributed by atoms with Gasteiger partial charge in [-0.15, -0.1) is 0 Å². The molecule has 4 aliphatic rings. The van der Waals surface area contributed by atoms with Crippen molar-refractivity contribution in [3.63, 3.8) is 0 Å². The molecule has 3 heteroatoms. The van der Waals surface area contributed by atoms with Crippen molar-refractivity contribution >= 4 is 5.78 Å². The van der Waals surface area contributed by atoms with Crippen molar-refractivity contribution in [3.8, 4) is 0 Å². The van der Waals surface area contributed by atoms with E-state index in [2.05, 4.69) is 13.0 Å². The number of rotatable bonds is 0. The lowest BCUT2D eigenvalue weighted by Crippen LogP contribution is -2.50. The number of aliphatic hydroxyl groups excluding tert-OH is 1. The molecule has 4 rings (SSSR count). The molecule has 0 amide bonds. The van der Waals surface area contributed by atoms with Gasteiger partial charge in [-0.3, -0.25) is 4.79 Å². The number of aliphatic hydroxyl groups is 1. The summed E-state index contributed by atoms with van der Waals surface area (Å²) in [6, 6.07) is 0. The van der Waals surface area contributed by atoms with Gasteiger partial charge in [-0.2, -0.15) is 0 Å². The molecule has 0 heterocycles. The molecule has 3 unspecified atom stereocenters. The second kappa shape index (κ2) is 4.66. The Morgan fingerprint density at radius 1 is 1.18 bits per heavy atom. The fourth-order valence-electron chi connectivity index (χ4n) is 6.39. The SMILES string of the molecule is C[C@]12CC[C@@H](O)CC1=CCC1C2CC[C@]2(C)C(=O)[C@H](F)CC12. The van der Waals surface area contributed by atoms with Crippen molar-refractivity contribution in [2.75, 3.05) is 0 Å². The van der Waals surface area contributed by atoms with E-state index in [1.54, 1.807) is 0 Å². The first-order chi connectivity index (χ1) is 10.4. The minimum absolute atomic E-state index is 0.130. The van der Waals surface area contributed by atoms with Gasteiger partial charge in [0.05, 0.1) is 6.10 Å². The van der Waals surface area contributed by atoms with Gasteiger partial charge in [-0.1, -0.05) is 25.5 Å². The maximum Gasteiger partial charge on any atom is 0.173 e. The van der Waals surface area contributed by atoms with E-state index >= 15 is 0 Å². The first kappa shape index (κ1) is 14.9. The van der Waals surface area contributed by atoms with Crippen LogP contribution in [0.25, 0.3) is 0 Å². The quantitative estimate of drug-likeness (QED) is 0.691. The summed E-state index contributed by atoms with van der Waals surface area (Å²) in [5.74, 6) is 1.11. The van der Waals surface area contributed by atoms with Crippen LogP contribution in [0.15, 0.2) is 11.6 Å². The summed E-state index contributed by atoms with van der Waals surface area (Å²) in [6.07, 6.45) is 6.94. The van der Waals surface area contributed by atoms with Crippen LogP contribution in [0.2, 0.25) is 0 Å². The summed E-state index contributed by atoms with van der Waals surface area (Å²) in [5.41, 5.74) is 1.18. The number of Topliss-reactive ketones (excluding diaryl/α,β-unsaturated/α-hetero) is 1. The molecule has 0 spiro atoms. The molecule has 0 aliphatic heterocycles. The Bertz CT molecular complexity index is 542. The van der Waals surface area contributed by atoms with Crippen molar-refractivity contribution in [2.24, 2.45) is 28.6 Å². The van der Waals surface area contributed by atoms with Crippen molar-refractivity contribution in [1.82, 2.24) is 0 Å². The summed E-state index contributed by atoms with van der Waals surface area (Å²) >= 11 is 0. The zero-order chi connectivity index (χ0) is 15.7. The van der Waals surface area contributed by atoms with E-state index < -0.39 is 11.6 Å². The van der Waals surface area contributed by atoms with Gasteiger partial charge in [0, 0.05) is 5.41 Å². The maximum absolute atomic E-state index is 14.1. The number of fused-ring (bicyclic) bond motifs is 5. The third-order valence-electron chi connectivity index (χ3n) is 7.78. The number of ketones is 1. The molecule has 1 N–H and O–H groups in total. The van der Waals surface area contributed by atoms with Gasteiger partial charge in [0.25, 0.3) is 0 Å². The molecule has 0 aromatic heterocycles. The van der Waals surface area contributed by atoms with Crippen LogP contribution in [0.3, 0.4) is 0 Å². The molecule has 3 fully saturated rings. The largest absolute Gasteiger partial charge is 0.393 e. The van der Waals surface area contributed by atoms with Crippen LogP contribution in [0.1, 0.15) is 58.8 Å². The van der Waals surface area contributed by atoms with E-state index in [1.807, 2.05) is 6.92 Å². The summed E-state index contributed by atoms with van der Waals surface area (Å²) < 4.78 is 14.1. The molecule has 2 nitrogen and oxygen atoms in total. The van der Waals surface area contributed by atoms with Crippen LogP contribution >= 0.6 is 0 Å². The minimum Gasteiger partial charge on any atom is -0.393 e. The zero-order valence-corrected chi connectivity index (χ0v) is 13.6. The van der Waals surface area contributed by atoms with Crippen LogP contribution in [0, 0.1) is 28.6 Å². The molecule has 0 radical (unpaired) electrons. The smallest absolute Gasteiger partial charge is 0.173 e. The topological polar surface area (TPSA) is 37.3 Å². The Kier molecular flexibility index (Phi) is 3.15. The Morgan fingerprint density at radius 2 is 1.91 bits per heavy atom. The van der Waals surface area contributed by atoms with Crippen LogP contribution in [-0.4, -0.2) is 23.2 Å². The Morgan fingerprint density at radius 3 is 2.68 bits per heavy atom. The standard InChI is InChI=1S/C19H27FO2/c1-18-7-5-12(21)9-11(18)3-4-13-14(18)6-8-19(2)15(13)10-16(20)17(19)22/h3,12-16,21H,4-10H2,1-2H3/t12-,13?,14?,15?,16-,18+,19+/m1/s1. The maximum atomic E-state index is 14.1. The van der Waals surface area contributed by atoms with E-state index in [0.29, 0.717) is 18.3 Å². The number of alkyl halides is 1. The van der Waals surface area contributed by atoms with E-state index in [0.717, 1.165) is 38.5 Å². The molecule has 22 heavy (non-hydrogen) atoms. The number of allylic oxidation sites excluding steroid dienone is 1. The van der Waals surface area contributed by atoms with Gasteiger partial charge >= 0.3 is 0 Å². The molecule has 0 bridgehead atoms. The number of hydrogen-bond donors (Lipinski definition) is 1. The third kappa shape index (κ3) is 1.78. The number of halogens is 1. The Hall–Kier alpha value is -0.700. The normalized spacial score (nSPS) is 54.3. The van der Waals surface area contributed by atoms with Gasteiger partial charge < -0.3 is 5.11 Å². The van der Waals surface area contributed by atoms with E-state index in [1.165, 1.54) is 5.57 Å². The van der Waals surface area contributed by atoms with Gasteiger partial charge in [0.2, 0.25) is 0 Å². The number of carbonyl (C=O) groups excluding carboxylic acids is 1. The lowest BCUT2D eigenvalue weighted by molar-refractivity contribution is -0.134. The van der Waals surface area contributed by atoms with E-state index in [4.69, 9.17) is 0 Å². The van der Waals surface area contributed by atoms with Gasteiger partial charge in [-0.05, 0) is 68.1 Å². The highest BCUT2D eigenvalue weighted by Crippen LogP contribution is 2.64. The molecular formula is C19H27FO2. The van der Waals surface area contributed by atoms with Crippen LogP contribution in [0.5, 0.6) is 0 Å². The van der Waals surface area contributed by atoms with Crippen LogP contribution in [0.4, 0.5) is 4.39 Å². The molecule has 122 valence electrons. The molecule has 4 aliphatic carbocycles. The van der Waals surface area contributed by atoms with Gasteiger partial charge in [0.1, 0.15) is 0 Å². The highest BCUT2D eigenvalue weighted by atomic mass is 19.1.